The molecule has 2 aromatic carbocycles. The number of fused-ring (bicyclic) bond motifs is 1. The van der Waals surface area contributed by atoms with Gasteiger partial charge in [0.1, 0.15) is 0 Å². The molecule has 0 aliphatic heterocycles. The Morgan fingerprint density at radius 2 is 1.84 bits per heavy atom. The van der Waals surface area contributed by atoms with Gasteiger partial charge in [0.15, 0.2) is 0 Å². The molecule has 0 bridgehead atoms. The third-order valence-electron chi connectivity index (χ3n) is 2.97. The summed E-state index contributed by atoms with van der Waals surface area (Å²) in [6, 6.07) is 15.4. The second-order valence-corrected chi connectivity index (χ2v) is 5.84. The summed E-state index contributed by atoms with van der Waals surface area (Å²) in [6.45, 7) is 0. The van der Waals surface area contributed by atoms with Crippen molar-refractivity contribution in [2.45, 2.75) is 12.5 Å². The van der Waals surface area contributed by atoms with Crippen molar-refractivity contribution in [3.05, 3.63) is 64.1 Å². The first-order valence-corrected chi connectivity index (χ1v) is 7.20. The van der Waals surface area contributed by atoms with E-state index in [4.69, 9.17) is 11.6 Å². The molecule has 0 radical (unpaired) electrons. The first-order chi connectivity index (χ1) is 9.24. The summed E-state index contributed by atoms with van der Waals surface area (Å²) >= 11 is 7.70. The fourth-order valence-electron chi connectivity index (χ4n) is 2.03. The smallest absolute Gasteiger partial charge is 0.0967 e. The van der Waals surface area contributed by atoms with Crippen molar-refractivity contribution in [3.8, 4) is 0 Å². The predicted molar refractivity (Wildman–Crippen MR) is 79.7 cm³/mol. The second-order valence-electron chi connectivity index (χ2n) is 4.32. The van der Waals surface area contributed by atoms with Crippen LogP contribution < -0.4 is 0 Å². The van der Waals surface area contributed by atoms with Crippen molar-refractivity contribution in [3.63, 3.8) is 0 Å². The number of aliphatic hydroxyl groups is 1. The maximum Gasteiger partial charge on any atom is 0.0967 e. The molecule has 0 aliphatic carbocycles. The average Bonchev–Trinajstić information content (AvgIpc) is 2.81. The first-order valence-electron chi connectivity index (χ1n) is 6.01. The average molecular weight is 290 g/mol. The quantitative estimate of drug-likeness (QED) is 0.783. The highest BCUT2D eigenvalue weighted by Crippen LogP contribution is 2.28. The van der Waals surface area contributed by atoms with Crippen LogP contribution in [0.15, 0.2) is 48.5 Å². The van der Waals surface area contributed by atoms with E-state index in [1.165, 1.54) is 0 Å². The summed E-state index contributed by atoms with van der Waals surface area (Å²) in [7, 11) is 0. The maximum absolute atomic E-state index is 10.3. The highest BCUT2D eigenvalue weighted by molar-refractivity contribution is 7.18. The zero-order valence-electron chi connectivity index (χ0n) is 10.1. The normalized spacial score (nSPS) is 12.7. The molecule has 1 heterocycles. The Kier molecular flexibility index (Phi) is 3.51. The molecule has 2 nitrogen and oxygen atoms in total. The molecule has 0 aliphatic rings. The van der Waals surface area contributed by atoms with Gasteiger partial charge in [-0.3, -0.25) is 0 Å². The topological polar surface area (TPSA) is 33.1 Å². The van der Waals surface area contributed by atoms with Gasteiger partial charge in [0.05, 0.1) is 21.3 Å². The van der Waals surface area contributed by atoms with Crippen LogP contribution in [0.1, 0.15) is 16.7 Å². The number of benzene rings is 2. The van der Waals surface area contributed by atoms with Gasteiger partial charge in [0.2, 0.25) is 0 Å². The van der Waals surface area contributed by atoms with Gasteiger partial charge in [-0.15, -0.1) is 11.3 Å². The predicted octanol–water partition coefficient (Wildman–Crippen LogP) is 4.23. The van der Waals surface area contributed by atoms with E-state index in [2.05, 4.69) is 4.98 Å². The lowest BCUT2D eigenvalue weighted by molar-refractivity contribution is 0.178. The second kappa shape index (κ2) is 5.29. The van der Waals surface area contributed by atoms with Gasteiger partial charge < -0.3 is 5.11 Å². The van der Waals surface area contributed by atoms with Crippen molar-refractivity contribution in [2.75, 3.05) is 0 Å². The molecule has 19 heavy (non-hydrogen) atoms. The molecule has 1 N–H and O–H groups in total. The van der Waals surface area contributed by atoms with Gasteiger partial charge >= 0.3 is 0 Å². The van der Waals surface area contributed by atoms with E-state index in [0.717, 1.165) is 20.8 Å². The van der Waals surface area contributed by atoms with Crippen LogP contribution in [-0.4, -0.2) is 10.1 Å². The minimum absolute atomic E-state index is 0.489. The van der Waals surface area contributed by atoms with Gasteiger partial charge in [-0.2, -0.15) is 0 Å². The Hall–Kier alpha value is -1.42. The zero-order chi connectivity index (χ0) is 13.2. The highest BCUT2D eigenvalue weighted by atomic mass is 35.5. The highest BCUT2D eigenvalue weighted by Gasteiger charge is 2.14. The number of nitrogens with zero attached hydrogens (tertiary/aromatic N) is 1. The maximum atomic E-state index is 10.3. The van der Waals surface area contributed by atoms with Crippen LogP contribution in [0, 0.1) is 0 Å². The Morgan fingerprint density at radius 3 is 2.63 bits per heavy atom. The van der Waals surface area contributed by atoms with Crippen LogP contribution in [0.4, 0.5) is 0 Å². The number of para-hydroxylation sites is 1. The molecule has 1 aromatic heterocycles. The minimum atomic E-state index is -0.616. The van der Waals surface area contributed by atoms with Crippen molar-refractivity contribution in [1.82, 2.24) is 4.98 Å². The van der Waals surface area contributed by atoms with Crippen LogP contribution in [0.5, 0.6) is 0 Å². The van der Waals surface area contributed by atoms with Gasteiger partial charge in [-0.05, 0) is 23.8 Å². The van der Waals surface area contributed by atoms with Crippen molar-refractivity contribution in [2.24, 2.45) is 0 Å². The van der Waals surface area contributed by atoms with Crippen molar-refractivity contribution >= 4 is 33.2 Å². The van der Waals surface area contributed by atoms with Gasteiger partial charge in [-0.1, -0.05) is 41.9 Å². The van der Waals surface area contributed by atoms with Crippen LogP contribution in [-0.2, 0) is 6.42 Å². The third kappa shape index (κ3) is 2.63. The lowest BCUT2D eigenvalue weighted by Gasteiger charge is -2.10. The number of hydrogen-bond donors (Lipinski definition) is 1. The Bertz CT molecular complexity index is 677. The molecule has 3 rings (SSSR count). The number of halogens is 1. The molecule has 0 saturated carbocycles. The number of hydrogen-bond acceptors (Lipinski definition) is 3. The molecule has 1 atom stereocenters. The minimum Gasteiger partial charge on any atom is -0.388 e. The summed E-state index contributed by atoms with van der Waals surface area (Å²) in [5.41, 5.74) is 1.73. The van der Waals surface area contributed by atoms with E-state index in [0.29, 0.717) is 11.4 Å². The van der Waals surface area contributed by atoms with Crippen LogP contribution in [0.3, 0.4) is 0 Å². The van der Waals surface area contributed by atoms with Gasteiger partial charge in [-0.25, -0.2) is 4.98 Å². The Balaban J connectivity index is 1.86. The first kappa shape index (κ1) is 12.6. The van der Waals surface area contributed by atoms with Crippen LogP contribution >= 0.6 is 22.9 Å². The number of aromatic nitrogens is 1. The molecule has 0 fully saturated rings. The lowest BCUT2D eigenvalue weighted by Crippen LogP contribution is -2.02. The van der Waals surface area contributed by atoms with Gasteiger partial charge in [0, 0.05) is 11.4 Å². The summed E-state index contributed by atoms with van der Waals surface area (Å²) in [5, 5.41) is 11.8. The molecule has 4 heteroatoms. The fraction of sp³-hybridized carbons (Fsp3) is 0.133. The lowest BCUT2D eigenvalue weighted by atomic mass is 10.1. The molecule has 0 saturated heterocycles. The number of aliphatic hydroxyl groups excluding tert-OH is 1. The largest absolute Gasteiger partial charge is 0.388 e. The fourth-order valence-corrected chi connectivity index (χ4v) is 3.29. The standard InChI is InChI=1S/C15H12ClNOS/c16-11-6-2-1-5-10(11)13(18)9-15-17-12-7-3-4-8-14(12)19-15/h1-8,13,18H,9H2. The van der Waals surface area contributed by atoms with Crippen molar-refractivity contribution < 1.29 is 5.11 Å². The summed E-state index contributed by atoms with van der Waals surface area (Å²) in [6.07, 6.45) is -0.127. The molecular weight excluding hydrogens is 278 g/mol. The number of rotatable bonds is 3. The van der Waals surface area contributed by atoms with Crippen molar-refractivity contribution in [1.29, 1.82) is 0 Å². The summed E-state index contributed by atoms with van der Waals surface area (Å²) < 4.78 is 1.14. The van der Waals surface area contributed by atoms with Crippen LogP contribution in [0.2, 0.25) is 5.02 Å². The molecule has 3 aromatic rings. The Morgan fingerprint density at radius 1 is 1.11 bits per heavy atom. The molecular formula is C15H12ClNOS. The van der Waals surface area contributed by atoms with E-state index in [1.54, 1.807) is 17.4 Å². The molecule has 1 unspecified atom stereocenters. The van der Waals surface area contributed by atoms with E-state index in [9.17, 15) is 5.11 Å². The SMILES string of the molecule is OC(Cc1nc2ccccc2s1)c1ccccc1Cl. The number of thiazole rings is 1. The van der Waals surface area contributed by atoms with Crippen LogP contribution in [0.25, 0.3) is 10.2 Å². The third-order valence-corrected chi connectivity index (χ3v) is 4.37. The molecule has 96 valence electrons. The molecule has 0 amide bonds. The Labute approximate surface area is 120 Å². The van der Waals surface area contributed by atoms with E-state index >= 15 is 0 Å². The zero-order valence-corrected chi connectivity index (χ0v) is 11.7. The monoisotopic (exact) mass is 289 g/mol. The van der Waals surface area contributed by atoms with E-state index in [1.807, 2.05) is 42.5 Å². The van der Waals surface area contributed by atoms with E-state index < -0.39 is 6.10 Å². The molecule has 0 spiro atoms. The van der Waals surface area contributed by atoms with E-state index in [-0.39, 0.29) is 0 Å². The summed E-state index contributed by atoms with van der Waals surface area (Å²) in [5.74, 6) is 0. The van der Waals surface area contributed by atoms with Gasteiger partial charge in [0.25, 0.3) is 0 Å². The summed E-state index contributed by atoms with van der Waals surface area (Å²) in [4.78, 5) is 4.52.